The number of carbonyl (C=O) groups is 1. The van der Waals surface area contributed by atoms with Gasteiger partial charge in [0.1, 0.15) is 5.84 Å². The van der Waals surface area contributed by atoms with Gasteiger partial charge in [-0.2, -0.15) is 0 Å². The molecule has 0 heterocycles. The maximum Gasteiger partial charge on any atom is 0.251 e. The van der Waals surface area contributed by atoms with Gasteiger partial charge in [-0.25, -0.2) is 0 Å². The molecule has 1 unspecified atom stereocenters. The molecule has 0 saturated heterocycles. The molecule has 0 saturated carbocycles. The van der Waals surface area contributed by atoms with Crippen molar-refractivity contribution in [2.75, 3.05) is 0 Å². The number of carbonyl (C=O) groups excluding carboxylic acids is 1. The maximum atomic E-state index is 11.9. The Morgan fingerprint density at radius 1 is 1.53 bits per heavy atom. The minimum Gasteiger partial charge on any atom is -0.409 e. The summed E-state index contributed by atoms with van der Waals surface area (Å²) < 4.78 is 0. The molecular weight excluding hydrogens is 218 g/mol. The summed E-state index contributed by atoms with van der Waals surface area (Å²) in [6.45, 7) is 3.68. The zero-order valence-corrected chi connectivity index (χ0v) is 9.97. The molecule has 1 aromatic carbocycles. The summed E-state index contributed by atoms with van der Waals surface area (Å²) in [5.41, 5.74) is 6.92. The van der Waals surface area contributed by atoms with Gasteiger partial charge in [0.05, 0.1) is 0 Å². The zero-order valence-electron chi connectivity index (χ0n) is 9.97. The molecule has 17 heavy (non-hydrogen) atoms. The van der Waals surface area contributed by atoms with Gasteiger partial charge < -0.3 is 16.3 Å². The van der Waals surface area contributed by atoms with E-state index < -0.39 is 0 Å². The van der Waals surface area contributed by atoms with Crippen molar-refractivity contribution in [3.05, 3.63) is 35.4 Å². The minimum atomic E-state index is -0.182. The van der Waals surface area contributed by atoms with Crippen molar-refractivity contribution in [2.24, 2.45) is 10.9 Å². The first-order valence-corrected chi connectivity index (χ1v) is 5.37. The fraction of sp³-hybridized carbons (Fsp3) is 0.333. The monoisotopic (exact) mass is 235 g/mol. The van der Waals surface area contributed by atoms with Crippen LogP contribution in [0.2, 0.25) is 0 Å². The number of aryl methyl sites for hydroxylation is 1. The number of amides is 1. The number of hydrogen-bond donors (Lipinski definition) is 3. The molecule has 1 aromatic rings. The van der Waals surface area contributed by atoms with Crippen molar-refractivity contribution >= 4 is 11.7 Å². The van der Waals surface area contributed by atoms with Crippen molar-refractivity contribution in [1.29, 1.82) is 0 Å². The molecule has 0 spiro atoms. The van der Waals surface area contributed by atoms with E-state index in [4.69, 9.17) is 10.9 Å². The van der Waals surface area contributed by atoms with Crippen molar-refractivity contribution in [3.8, 4) is 0 Å². The van der Waals surface area contributed by atoms with Crippen LogP contribution in [0, 0.1) is 6.92 Å². The van der Waals surface area contributed by atoms with E-state index in [2.05, 4.69) is 10.5 Å². The summed E-state index contributed by atoms with van der Waals surface area (Å²) in [5.74, 6) is -0.0519. The third kappa shape index (κ3) is 3.79. The highest BCUT2D eigenvalue weighted by Gasteiger charge is 2.12. The van der Waals surface area contributed by atoms with E-state index in [0.717, 1.165) is 5.56 Å². The lowest BCUT2D eigenvalue weighted by atomic mass is 10.1. The van der Waals surface area contributed by atoms with Crippen molar-refractivity contribution in [2.45, 2.75) is 26.3 Å². The highest BCUT2D eigenvalue weighted by atomic mass is 16.4. The van der Waals surface area contributed by atoms with Crippen LogP contribution in [-0.4, -0.2) is 23.0 Å². The van der Waals surface area contributed by atoms with Gasteiger partial charge in [0.25, 0.3) is 5.91 Å². The number of oxime groups is 1. The van der Waals surface area contributed by atoms with Crippen LogP contribution in [0.5, 0.6) is 0 Å². The first kappa shape index (κ1) is 13.0. The van der Waals surface area contributed by atoms with E-state index in [-0.39, 0.29) is 17.8 Å². The number of rotatable bonds is 4. The van der Waals surface area contributed by atoms with E-state index in [1.54, 1.807) is 13.0 Å². The summed E-state index contributed by atoms with van der Waals surface area (Å²) in [7, 11) is 0. The van der Waals surface area contributed by atoms with Crippen molar-refractivity contribution in [1.82, 2.24) is 5.32 Å². The van der Waals surface area contributed by atoms with Crippen molar-refractivity contribution in [3.63, 3.8) is 0 Å². The Labute approximate surface area is 100 Å². The molecule has 0 aliphatic rings. The lowest BCUT2D eigenvalue weighted by molar-refractivity contribution is 0.0940. The lowest BCUT2D eigenvalue weighted by Gasteiger charge is -2.13. The van der Waals surface area contributed by atoms with Gasteiger partial charge in [-0.1, -0.05) is 23.4 Å². The summed E-state index contributed by atoms with van der Waals surface area (Å²) in [5, 5.41) is 14.1. The first-order chi connectivity index (χ1) is 8.04. The molecule has 5 heteroatoms. The van der Waals surface area contributed by atoms with Crippen LogP contribution in [0.3, 0.4) is 0 Å². The van der Waals surface area contributed by atoms with Gasteiger partial charge in [-0.3, -0.25) is 4.79 Å². The van der Waals surface area contributed by atoms with Crippen LogP contribution in [0.15, 0.2) is 29.4 Å². The molecule has 0 radical (unpaired) electrons. The van der Waals surface area contributed by atoms with Gasteiger partial charge in [0.2, 0.25) is 0 Å². The van der Waals surface area contributed by atoms with Gasteiger partial charge in [-0.15, -0.1) is 0 Å². The van der Waals surface area contributed by atoms with Crippen molar-refractivity contribution < 1.29 is 10.0 Å². The van der Waals surface area contributed by atoms with Crippen LogP contribution >= 0.6 is 0 Å². The molecule has 0 aliphatic heterocycles. The Kier molecular flexibility index (Phi) is 4.51. The van der Waals surface area contributed by atoms with Crippen LogP contribution in [-0.2, 0) is 0 Å². The zero-order chi connectivity index (χ0) is 12.8. The molecular formula is C12H17N3O2. The molecule has 92 valence electrons. The van der Waals surface area contributed by atoms with Gasteiger partial charge in [-0.05, 0) is 25.5 Å². The average molecular weight is 235 g/mol. The smallest absolute Gasteiger partial charge is 0.251 e. The van der Waals surface area contributed by atoms with Gasteiger partial charge in [0.15, 0.2) is 0 Å². The van der Waals surface area contributed by atoms with E-state index in [1.165, 1.54) is 0 Å². The number of amidine groups is 1. The van der Waals surface area contributed by atoms with E-state index in [0.29, 0.717) is 12.0 Å². The third-order valence-corrected chi connectivity index (χ3v) is 2.41. The Hall–Kier alpha value is -2.04. The topological polar surface area (TPSA) is 87.7 Å². The highest BCUT2D eigenvalue weighted by molar-refractivity contribution is 5.96. The SMILES string of the molecule is Cc1ccccc1C(=O)NC(C)CC(N)=NO. The molecule has 0 aliphatic carbocycles. The first-order valence-electron chi connectivity index (χ1n) is 5.37. The highest BCUT2D eigenvalue weighted by Crippen LogP contribution is 2.07. The van der Waals surface area contributed by atoms with Gasteiger partial charge in [0, 0.05) is 18.0 Å². The quantitative estimate of drug-likeness (QED) is 0.317. The molecule has 4 N–H and O–H groups in total. The second-order valence-corrected chi connectivity index (χ2v) is 3.98. The van der Waals surface area contributed by atoms with Crippen LogP contribution in [0.25, 0.3) is 0 Å². The fourth-order valence-electron chi connectivity index (χ4n) is 1.53. The summed E-state index contributed by atoms with van der Waals surface area (Å²) in [6, 6.07) is 7.16. The molecule has 0 aromatic heterocycles. The van der Waals surface area contributed by atoms with E-state index >= 15 is 0 Å². The Bertz CT molecular complexity index is 430. The lowest BCUT2D eigenvalue weighted by Crippen LogP contribution is -2.36. The normalized spacial score (nSPS) is 13.2. The average Bonchev–Trinajstić information content (AvgIpc) is 2.29. The summed E-state index contributed by atoms with van der Waals surface area (Å²) >= 11 is 0. The molecule has 1 rings (SSSR count). The minimum absolute atomic E-state index is 0.0996. The number of hydrogen-bond acceptors (Lipinski definition) is 3. The predicted octanol–water partition coefficient (Wildman–Crippen LogP) is 1.25. The summed E-state index contributed by atoms with van der Waals surface area (Å²) in [4.78, 5) is 11.9. The van der Waals surface area contributed by atoms with E-state index in [1.807, 2.05) is 25.1 Å². The predicted molar refractivity (Wildman–Crippen MR) is 66.1 cm³/mol. The molecule has 0 bridgehead atoms. The van der Waals surface area contributed by atoms with Crippen LogP contribution in [0.4, 0.5) is 0 Å². The molecule has 1 atom stereocenters. The van der Waals surface area contributed by atoms with Gasteiger partial charge >= 0.3 is 0 Å². The third-order valence-electron chi connectivity index (χ3n) is 2.41. The Balaban J connectivity index is 2.64. The van der Waals surface area contributed by atoms with Crippen LogP contribution in [0.1, 0.15) is 29.3 Å². The molecule has 0 fully saturated rings. The maximum absolute atomic E-state index is 11.9. The Morgan fingerprint density at radius 2 is 2.18 bits per heavy atom. The Morgan fingerprint density at radius 3 is 2.76 bits per heavy atom. The standard InChI is InChI=1S/C12H17N3O2/c1-8-5-3-4-6-10(8)12(16)14-9(2)7-11(13)15-17/h3-6,9,17H,7H2,1-2H3,(H2,13,15)(H,14,16). The largest absolute Gasteiger partial charge is 0.409 e. The summed E-state index contributed by atoms with van der Waals surface area (Å²) in [6.07, 6.45) is 0.314. The number of nitrogens with one attached hydrogen (secondary N) is 1. The number of benzene rings is 1. The fourth-order valence-corrected chi connectivity index (χ4v) is 1.53. The second-order valence-electron chi connectivity index (χ2n) is 3.98. The number of nitrogens with zero attached hydrogens (tertiary/aromatic N) is 1. The number of nitrogens with two attached hydrogens (primary N) is 1. The second kappa shape index (κ2) is 5.89. The molecule has 1 amide bonds. The van der Waals surface area contributed by atoms with Crippen LogP contribution < -0.4 is 11.1 Å². The molecule has 5 nitrogen and oxygen atoms in total. The van der Waals surface area contributed by atoms with E-state index in [9.17, 15) is 4.79 Å².